The van der Waals surface area contributed by atoms with Crippen LogP contribution < -0.4 is 5.32 Å². The molecule has 0 fully saturated rings. The van der Waals surface area contributed by atoms with Crippen molar-refractivity contribution in [1.82, 2.24) is 9.97 Å². The van der Waals surface area contributed by atoms with E-state index < -0.39 is 0 Å². The third kappa shape index (κ3) is 2.92. The van der Waals surface area contributed by atoms with Crippen molar-refractivity contribution < 1.29 is 4.79 Å². The Morgan fingerprint density at radius 1 is 0.955 bits per heavy atom. The Balaban J connectivity index is 1.89. The Bertz CT molecular complexity index is 860. The summed E-state index contributed by atoms with van der Waals surface area (Å²) in [5.41, 5.74) is 4.60. The molecule has 1 heterocycles. The maximum Gasteiger partial charge on any atom is 0.255 e. The van der Waals surface area contributed by atoms with Crippen LogP contribution in [0, 0.1) is 13.8 Å². The molecule has 0 aliphatic heterocycles. The Morgan fingerprint density at radius 3 is 2.27 bits per heavy atom. The number of benzene rings is 2. The van der Waals surface area contributed by atoms with Crippen LogP contribution in [0.3, 0.4) is 0 Å². The van der Waals surface area contributed by atoms with Gasteiger partial charge in [0.05, 0.1) is 22.4 Å². The van der Waals surface area contributed by atoms with Gasteiger partial charge in [0.2, 0.25) is 0 Å². The second-order valence-electron chi connectivity index (χ2n) is 5.06. The first-order valence-corrected chi connectivity index (χ1v) is 7.22. The molecule has 0 aliphatic carbocycles. The number of anilines is 1. The smallest absolute Gasteiger partial charge is 0.255 e. The van der Waals surface area contributed by atoms with E-state index in [2.05, 4.69) is 15.3 Å². The molecule has 0 spiro atoms. The first-order valence-electron chi connectivity index (χ1n) is 6.85. The van der Waals surface area contributed by atoms with Crippen molar-refractivity contribution in [3.8, 4) is 0 Å². The molecule has 4 nitrogen and oxygen atoms in total. The molecule has 1 amide bonds. The number of aryl methyl sites for hydroxylation is 2. The summed E-state index contributed by atoms with van der Waals surface area (Å²) < 4.78 is 0. The molecule has 2 aromatic carbocycles. The summed E-state index contributed by atoms with van der Waals surface area (Å²) in [6.45, 7) is 3.85. The van der Waals surface area contributed by atoms with Crippen molar-refractivity contribution in [1.29, 1.82) is 0 Å². The summed E-state index contributed by atoms with van der Waals surface area (Å²) in [6.07, 6.45) is 0. The van der Waals surface area contributed by atoms with Crippen LogP contribution in [-0.4, -0.2) is 15.9 Å². The lowest BCUT2D eigenvalue weighted by molar-refractivity contribution is 0.102. The van der Waals surface area contributed by atoms with Crippen LogP contribution in [0.4, 0.5) is 5.69 Å². The lowest BCUT2D eigenvalue weighted by Gasteiger charge is -2.07. The van der Waals surface area contributed by atoms with Crippen molar-refractivity contribution in [3.05, 3.63) is 64.4 Å². The fourth-order valence-corrected chi connectivity index (χ4v) is 2.24. The molecule has 22 heavy (non-hydrogen) atoms. The van der Waals surface area contributed by atoms with Crippen molar-refractivity contribution in [2.24, 2.45) is 0 Å². The van der Waals surface area contributed by atoms with Crippen LogP contribution in [0.5, 0.6) is 0 Å². The van der Waals surface area contributed by atoms with E-state index in [1.54, 1.807) is 24.3 Å². The zero-order valence-corrected chi connectivity index (χ0v) is 13.0. The van der Waals surface area contributed by atoms with Crippen LogP contribution in [0.1, 0.15) is 21.7 Å². The lowest BCUT2D eigenvalue weighted by atomic mass is 10.2. The minimum Gasteiger partial charge on any atom is -0.322 e. The maximum atomic E-state index is 12.2. The normalized spacial score (nSPS) is 10.7. The van der Waals surface area contributed by atoms with Crippen LogP contribution in [0.15, 0.2) is 42.5 Å². The van der Waals surface area contributed by atoms with Gasteiger partial charge in [0.15, 0.2) is 0 Å². The van der Waals surface area contributed by atoms with E-state index in [0.717, 1.165) is 22.4 Å². The molecule has 0 bridgehead atoms. The summed E-state index contributed by atoms with van der Waals surface area (Å²) >= 11 is 5.82. The largest absolute Gasteiger partial charge is 0.322 e. The summed E-state index contributed by atoms with van der Waals surface area (Å²) in [6, 6.07) is 12.2. The second-order valence-corrected chi connectivity index (χ2v) is 5.50. The number of nitrogens with zero attached hydrogens (tertiary/aromatic N) is 2. The Morgan fingerprint density at radius 2 is 1.59 bits per heavy atom. The number of aromatic nitrogens is 2. The average molecular weight is 312 g/mol. The van der Waals surface area contributed by atoms with Crippen LogP contribution >= 0.6 is 11.6 Å². The molecule has 0 atom stereocenters. The number of carbonyl (C=O) groups excluding carboxylic acids is 1. The summed E-state index contributed by atoms with van der Waals surface area (Å²) in [7, 11) is 0. The highest BCUT2D eigenvalue weighted by molar-refractivity contribution is 6.30. The number of amides is 1. The molecule has 110 valence electrons. The number of hydrogen-bond acceptors (Lipinski definition) is 3. The summed E-state index contributed by atoms with van der Waals surface area (Å²) in [4.78, 5) is 21.2. The highest BCUT2D eigenvalue weighted by Gasteiger charge is 2.08. The molecule has 5 heteroatoms. The van der Waals surface area contributed by atoms with Gasteiger partial charge in [0, 0.05) is 16.3 Å². The highest BCUT2D eigenvalue weighted by atomic mass is 35.5. The third-order valence-electron chi connectivity index (χ3n) is 3.44. The first-order chi connectivity index (χ1) is 10.5. The van der Waals surface area contributed by atoms with Crippen LogP contribution in [-0.2, 0) is 0 Å². The molecule has 0 saturated carbocycles. The van der Waals surface area contributed by atoms with E-state index >= 15 is 0 Å². The van der Waals surface area contributed by atoms with Crippen LogP contribution in [0.2, 0.25) is 5.02 Å². The van der Waals surface area contributed by atoms with Gasteiger partial charge in [-0.15, -0.1) is 0 Å². The topological polar surface area (TPSA) is 54.9 Å². The zero-order valence-electron chi connectivity index (χ0n) is 12.2. The Hall–Kier alpha value is -2.46. The predicted molar refractivity (Wildman–Crippen MR) is 88.4 cm³/mol. The lowest BCUT2D eigenvalue weighted by Crippen LogP contribution is -2.11. The molecule has 0 saturated heterocycles. The fourth-order valence-electron chi connectivity index (χ4n) is 2.11. The van der Waals surface area contributed by atoms with E-state index in [4.69, 9.17) is 11.6 Å². The van der Waals surface area contributed by atoms with E-state index in [1.165, 1.54) is 0 Å². The number of halogens is 1. The van der Waals surface area contributed by atoms with E-state index in [9.17, 15) is 4.79 Å². The number of fused-ring (bicyclic) bond motifs is 1. The maximum absolute atomic E-state index is 12.2. The van der Waals surface area contributed by atoms with Crippen molar-refractivity contribution in [2.45, 2.75) is 13.8 Å². The summed E-state index contributed by atoms with van der Waals surface area (Å²) in [5, 5.41) is 3.45. The number of carbonyl (C=O) groups is 1. The summed E-state index contributed by atoms with van der Waals surface area (Å²) in [5.74, 6) is -0.187. The predicted octanol–water partition coefficient (Wildman–Crippen LogP) is 4.15. The molecule has 0 aliphatic rings. The van der Waals surface area contributed by atoms with Gasteiger partial charge in [-0.25, -0.2) is 9.97 Å². The highest BCUT2D eigenvalue weighted by Crippen LogP contribution is 2.18. The molecule has 1 aromatic heterocycles. The van der Waals surface area contributed by atoms with Gasteiger partial charge in [-0.05, 0) is 56.3 Å². The number of nitrogens with one attached hydrogen (secondary N) is 1. The van der Waals surface area contributed by atoms with Crippen molar-refractivity contribution >= 4 is 34.2 Å². The van der Waals surface area contributed by atoms with Gasteiger partial charge >= 0.3 is 0 Å². The molecule has 3 aromatic rings. The van der Waals surface area contributed by atoms with E-state index in [0.29, 0.717) is 16.3 Å². The third-order valence-corrected chi connectivity index (χ3v) is 3.69. The molecule has 0 radical (unpaired) electrons. The van der Waals surface area contributed by atoms with Gasteiger partial charge in [-0.3, -0.25) is 4.79 Å². The zero-order chi connectivity index (χ0) is 15.7. The Labute approximate surface area is 133 Å². The van der Waals surface area contributed by atoms with Gasteiger partial charge in [-0.1, -0.05) is 11.6 Å². The first kappa shape index (κ1) is 14.5. The molecule has 0 unspecified atom stereocenters. The quantitative estimate of drug-likeness (QED) is 0.773. The molecule has 1 N–H and O–H groups in total. The van der Waals surface area contributed by atoms with Crippen molar-refractivity contribution in [2.75, 3.05) is 5.32 Å². The standard InChI is InChI=1S/C17H14ClN3O/c1-10-11(2)20-16-9-14(7-8-15(16)19-10)21-17(22)12-3-5-13(18)6-4-12/h3-9H,1-2H3,(H,21,22). The fraction of sp³-hybridized carbons (Fsp3) is 0.118. The number of rotatable bonds is 2. The van der Waals surface area contributed by atoms with Crippen molar-refractivity contribution in [3.63, 3.8) is 0 Å². The number of hydrogen-bond donors (Lipinski definition) is 1. The van der Waals surface area contributed by atoms with E-state index in [-0.39, 0.29) is 5.91 Å². The minimum absolute atomic E-state index is 0.187. The molecule has 3 rings (SSSR count). The van der Waals surface area contributed by atoms with Gasteiger partial charge in [0.25, 0.3) is 5.91 Å². The van der Waals surface area contributed by atoms with Gasteiger partial charge in [-0.2, -0.15) is 0 Å². The SMILES string of the molecule is Cc1nc2ccc(NC(=O)c3ccc(Cl)cc3)cc2nc1C. The van der Waals surface area contributed by atoms with Crippen LogP contribution in [0.25, 0.3) is 11.0 Å². The molecular formula is C17H14ClN3O. The average Bonchev–Trinajstić information content (AvgIpc) is 2.49. The second kappa shape index (κ2) is 5.73. The minimum atomic E-state index is -0.187. The van der Waals surface area contributed by atoms with E-state index in [1.807, 2.05) is 32.0 Å². The molecular weight excluding hydrogens is 298 g/mol. The monoisotopic (exact) mass is 311 g/mol. The Kier molecular flexibility index (Phi) is 3.77. The van der Waals surface area contributed by atoms with Gasteiger partial charge in [0.1, 0.15) is 0 Å². The van der Waals surface area contributed by atoms with Gasteiger partial charge < -0.3 is 5.32 Å².